The second-order valence-corrected chi connectivity index (χ2v) is 4.35. The second kappa shape index (κ2) is 6.79. The number of rotatable bonds is 6. The number of hydrogen-bond acceptors (Lipinski definition) is 5. The minimum atomic E-state index is -0.561. The normalized spacial score (nSPS) is 12.1. The number of esters is 1. The number of nitrogens with one attached hydrogen (secondary N) is 1. The fraction of sp³-hybridized carbons (Fsp3) is 0.429. The summed E-state index contributed by atoms with van der Waals surface area (Å²) in [7, 11) is 0. The molecule has 1 aliphatic heterocycles. The van der Waals surface area contributed by atoms with Crippen LogP contribution < -0.4 is 14.8 Å². The van der Waals surface area contributed by atoms with Crippen molar-refractivity contribution in [2.24, 2.45) is 0 Å². The van der Waals surface area contributed by atoms with E-state index in [1.807, 2.05) is 6.92 Å². The van der Waals surface area contributed by atoms with E-state index in [9.17, 15) is 9.59 Å². The Morgan fingerprint density at radius 1 is 1.30 bits per heavy atom. The van der Waals surface area contributed by atoms with Crippen molar-refractivity contribution in [1.29, 1.82) is 0 Å². The maximum absolute atomic E-state index is 11.8. The Morgan fingerprint density at radius 3 is 2.90 bits per heavy atom. The molecule has 1 aromatic rings. The van der Waals surface area contributed by atoms with Crippen LogP contribution in [0.2, 0.25) is 0 Å². The molecule has 1 amide bonds. The van der Waals surface area contributed by atoms with E-state index in [-0.39, 0.29) is 19.3 Å². The fourth-order valence-electron chi connectivity index (χ4n) is 1.69. The summed E-state index contributed by atoms with van der Waals surface area (Å²) in [6.07, 6.45) is 1.90. The third-order valence-electron chi connectivity index (χ3n) is 2.80. The van der Waals surface area contributed by atoms with Crippen molar-refractivity contribution in [1.82, 2.24) is 5.32 Å². The van der Waals surface area contributed by atoms with Gasteiger partial charge in [0.15, 0.2) is 18.1 Å². The van der Waals surface area contributed by atoms with E-state index in [0.717, 1.165) is 12.8 Å². The van der Waals surface area contributed by atoms with E-state index in [0.29, 0.717) is 23.6 Å². The molecule has 0 fully saturated rings. The maximum atomic E-state index is 11.8. The number of hydrogen-bond donors (Lipinski definition) is 1. The van der Waals surface area contributed by atoms with Crippen LogP contribution in [0.4, 0.5) is 0 Å². The molecule has 1 aliphatic rings. The molecular weight excluding hydrogens is 262 g/mol. The molecule has 1 aromatic carbocycles. The number of fused-ring (bicyclic) bond motifs is 1. The molecular formula is C14H17NO5. The van der Waals surface area contributed by atoms with Gasteiger partial charge in [-0.25, -0.2) is 4.79 Å². The summed E-state index contributed by atoms with van der Waals surface area (Å²) in [5.74, 6) is 0.243. The molecule has 0 aromatic heterocycles. The molecule has 0 atom stereocenters. The van der Waals surface area contributed by atoms with Gasteiger partial charge in [-0.15, -0.1) is 0 Å². The summed E-state index contributed by atoms with van der Waals surface area (Å²) in [6, 6.07) is 4.75. The summed E-state index contributed by atoms with van der Waals surface area (Å²) in [5, 5.41) is 2.67. The topological polar surface area (TPSA) is 73.9 Å². The van der Waals surface area contributed by atoms with Gasteiger partial charge < -0.3 is 19.5 Å². The van der Waals surface area contributed by atoms with Crippen molar-refractivity contribution in [3.05, 3.63) is 23.8 Å². The maximum Gasteiger partial charge on any atom is 0.338 e. The molecule has 1 N–H and O–H groups in total. The minimum Gasteiger partial charge on any atom is -0.454 e. The molecule has 20 heavy (non-hydrogen) atoms. The van der Waals surface area contributed by atoms with Crippen molar-refractivity contribution in [3.8, 4) is 11.5 Å². The molecule has 0 bridgehead atoms. The lowest BCUT2D eigenvalue weighted by molar-refractivity contribution is -0.124. The zero-order valence-electron chi connectivity index (χ0n) is 11.3. The monoisotopic (exact) mass is 279 g/mol. The summed E-state index contributed by atoms with van der Waals surface area (Å²) in [6.45, 7) is 2.49. The van der Waals surface area contributed by atoms with E-state index in [1.165, 1.54) is 0 Å². The highest BCUT2D eigenvalue weighted by Gasteiger charge is 2.17. The average molecular weight is 279 g/mol. The van der Waals surface area contributed by atoms with Crippen LogP contribution in [-0.2, 0) is 9.53 Å². The number of carbonyl (C=O) groups is 2. The highest BCUT2D eigenvalue weighted by molar-refractivity contribution is 5.92. The van der Waals surface area contributed by atoms with Crippen molar-refractivity contribution < 1.29 is 23.8 Å². The highest BCUT2D eigenvalue weighted by Crippen LogP contribution is 2.32. The molecule has 0 spiro atoms. The van der Waals surface area contributed by atoms with Crippen molar-refractivity contribution in [3.63, 3.8) is 0 Å². The summed E-state index contributed by atoms with van der Waals surface area (Å²) < 4.78 is 15.3. The molecule has 0 aliphatic carbocycles. The summed E-state index contributed by atoms with van der Waals surface area (Å²) in [5.41, 5.74) is 0.329. The molecule has 6 heteroatoms. The number of ether oxygens (including phenoxy) is 3. The molecule has 0 unspecified atom stereocenters. The Balaban J connectivity index is 1.81. The summed E-state index contributed by atoms with van der Waals surface area (Å²) in [4.78, 5) is 23.2. The van der Waals surface area contributed by atoms with Crippen LogP contribution in [0.25, 0.3) is 0 Å². The van der Waals surface area contributed by atoms with Gasteiger partial charge in [0, 0.05) is 6.54 Å². The van der Waals surface area contributed by atoms with Gasteiger partial charge in [0.05, 0.1) is 5.56 Å². The number of amides is 1. The van der Waals surface area contributed by atoms with Gasteiger partial charge in [-0.3, -0.25) is 4.79 Å². The Kier molecular flexibility index (Phi) is 4.81. The highest BCUT2D eigenvalue weighted by atomic mass is 16.7. The van der Waals surface area contributed by atoms with Gasteiger partial charge in [0.2, 0.25) is 6.79 Å². The standard InChI is InChI=1S/C14H17NO5/c1-2-3-6-15-13(16)8-18-14(17)10-4-5-11-12(7-10)20-9-19-11/h4-5,7H,2-3,6,8-9H2,1H3,(H,15,16). The zero-order chi connectivity index (χ0) is 14.4. The van der Waals surface area contributed by atoms with Crippen LogP contribution in [0.15, 0.2) is 18.2 Å². The first-order valence-electron chi connectivity index (χ1n) is 6.54. The van der Waals surface area contributed by atoms with Gasteiger partial charge in [0.25, 0.3) is 5.91 Å². The van der Waals surface area contributed by atoms with E-state index in [2.05, 4.69) is 5.32 Å². The first-order chi connectivity index (χ1) is 9.70. The Morgan fingerprint density at radius 2 is 2.10 bits per heavy atom. The van der Waals surface area contributed by atoms with Crippen LogP contribution in [0, 0.1) is 0 Å². The van der Waals surface area contributed by atoms with Crippen molar-refractivity contribution in [2.75, 3.05) is 19.9 Å². The average Bonchev–Trinajstić information content (AvgIpc) is 2.92. The van der Waals surface area contributed by atoms with Gasteiger partial charge in [-0.1, -0.05) is 13.3 Å². The third-order valence-corrected chi connectivity index (χ3v) is 2.80. The van der Waals surface area contributed by atoms with E-state index in [4.69, 9.17) is 14.2 Å². The van der Waals surface area contributed by atoms with Gasteiger partial charge in [-0.05, 0) is 24.6 Å². The lowest BCUT2D eigenvalue weighted by Crippen LogP contribution is -2.29. The first kappa shape index (κ1) is 14.2. The SMILES string of the molecule is CCCCNC(=O)COC(=O)c1ccc2c(c1)OCO2. The molecule has 0 saturated carbocycles. The number of carbonyl (C=O) groups excluding carboxylic acids is 2. The van der Waals surface area contributed by atoms with Gasteiger partial charge >= 0.3 is 5.97 Å². The predicted octanol–water partition coefficient (Wildman–Crippen LogP) is 1.49. The van der Waals surface area contributed by atoms with Gasteiger partial charge in [0.1, 0.15) is 0 Å². The van der Waals surface area contributed by atoms with Crippen LogP contribution in [-0.4, -0.2) is 31.8 Å². The smallest absolute Gasteiger partial charge is 0.338 e. The Hall–Kier alpha value is -2.24. The number of benzene rings is 1. The first-order valence-corrected chi connectivity index (χ1v) is 6.54. The molecule has 6 nitrogen and oxygen atoms in total. The quantitative estimate of drug-likeness (QED) is 0.631. The van der Waals surface area contributed by atoms with Crippen LogP contribution in [0.1, 0.15) is 30.1 Å². The zero-order valence-corrected chi connectivity index (χ0v) is 11.3. The third kappa shape index (κ3) is 3.63. The van der Waals surface area contributed by atoms with E-state index < -0.39 is 5.97 Å². The fourth-order valence-corrected chi connectivity index (χ4v) is 1.69. The molecule has 0 radical (unpaired) electrons. The Labute approximate surface area is 117 Å². The van der Waals surface area contributed by atoms with Gasteiger partial charge in [-0.2, -0.15) is 0 Å². The van der Waals surface area contributed by atoms with E-state index >= 15 is 0 Å². The van der Waals surface area contributed by atoms with E-state index in [1.54, 1.807) is 18.2 Å². The predicted molar refractivity (Wildman–Crippen MR) is 70.8 cm³/mol. The molecule has 108 valence electrons. The molecule has 1 heterocycles. The van der Waals surface area contributed by atoms with Crippen LogP contribution >= 0.6 is 0 Å². The Bertz CT molecular complexity index is 500. The second-order valence-electron chi connectivity index (χ2n) is 4.35. The van der Waals surface area contributed by atoms with Crippen LogP contribution in [0.5, 0.6) is 11.5 Å². The molecule has 2 rings (SSSR count). The minimum absolute atomic E-state index is 0.146. The molecule has 0 saturated heterocycles. The number of unbranched alkanes of at least 4 members (excludes halogenated alkanes) is 1. The lowest BCUT2D eigenvalue weighted by Gasteiger charge is -2.06. The van der Waals surface area contributed by atoms with Crippen molar-refractivity contribution in [2.45, 2.75) is 19.8 Å². The largest absolute Gasteiger partial charge is 0.454 e. The van der Waals surface area contributed by atoms with Crippen molar-refractivity contribution >= 4 is 11.9 Å². The van der Waals surface area contributed by atoms with Crippen LogP contribution in [0.3, 0.4) is 0 Å². The summed E-state index contributed by atoms with van der Waals surface area (Å²) >= 11 is 0. The lowest BCUT2D eigenvalue weighted by atomic mass is 10.2.